The minimum Gasteiger partial charge on any atom is -0.309 e. The van der Waals surface area contributed by atoms with Gasteiger partial charge in [0.05, 0.1) is 24.6 Å². The second-order valence-electron chi connectivity index (χ2n) is 7.31. The van der Waals surface area contributed by atoms with E-state index in [4.69, 9.17) is 11.6 Å². The molecule has 1 aliphatic heterocycles. The molecule has 28 heavy (non-hydrogen) atoms. The lowest BCUT2D eigenvalue weighted by molar-refractivity contribution is -0.142. The molecule has 8 heteroatoms. The van der Waals surface area contributed by atoms with E-state index in [0.717, 1.165) is 36.1 Å². The van der Waals surface area contributed by atoms with Gasteiger partial charge in [-0.2, -0.15) is 5.10 Å². The van der Waals surface area contributed by atoms with Crippen LogP contribution in [0.5, 0.6) is 0 Å². The highest BCUT2D eigenvalue weighted by atomic mass is 35.5. The van der Waals surface area contributed by atoms with Gasteiger partial charge in [0, 0.05) is 11.1 Å². The van der Waals surface area contributed by atoms with Crippen molar-refractivity contribution in [2.75, 3.05) is 11.9 Å². The van der Waals surface area contributed by atoms with E-state index in [1.165, 1.54) is 0 Å². The van der Waals surface area contributed by atoms with E-state index in [9.17, 15) is 14.4 Å². The first kappa shape index (κ1) is 18.7. The summed E-state index contributed by atoms with van der Waals surface area (Å²) in [6.45, 7) is 0.211. The lowest BCUT2D eigenvalue weighted by atomic mass is 9.81. The molecule has 146 valence electrons. The van der Waals surface area contributed by atoms with Gasteiger partial charge in [-0.3, -0.25) is 19.3 Å². The summed E-state index contributed by atoms with van der Waals surface area (Å²) in [7, 11) is 0. The number of nitrogens with one attached hydrogen (secondary N) is 1. The number of likely N-dealkylation sites (tertiary alicyclic amines) is 1. The van der Waals surface area contributed by atoms with E-state index in [2.05, 4.69) is 10.4 Å². The lowest BCUT2D eigenvalue weighted by Crippen LogP contribution is -2.38. The molecule has 3 amide bonds. The number of amides is 3. The average Bonchev–Trinajstić information content (AvgIpc) is 3.22. The molecule has 1 aromatic heterocycles. The van der Waals surface area contributed by atoms with Gasteiger partial charge in [0.25, 0.3) is 0 Å². The molecule has 0 spiro atoms. The minimum absolute atomic E-state index is 0.209. The Labute approximate surface area is 167 Å². The zero-order chi connectivity index (χ0) is 19.7. The molecule has 4 rings (SSSR count). The molecule has 0 radical (unpaired) electrons. The minimum atomic E-state index is -0.404. The molecule has 0 bridgehead atoms. The van der Waals surface area contributed by atoms with Gasteiger partial charge in [-0.05, 0) is 30.5 Å². The number of rotatable bonds is 5. The normalized spacial score (nSPS) is 21.7. The Morgan fingerprint density at radius 1 is 1.07 bits per heavy atom. The van der Waals surface area contributed by atoms with Gasteiger partial charge >= 0.3 is 0 Å². The molecule has 1 saturated carbocycles. The Hall–Kier alpha value is -2.67. The smallest absolute Gasteiger partial charge is 0.245 e. The quantitative estimate of drug-likeness (QED) is 0.782. The zero-order valence-electron chi connectivity index (χ0n) is 15.3. The van der Waals surface area contributed by atoms with Gasteiger partial charge in [0.1, 0.15) is 12.4 Å². The molecule has 1 aliphatic carbocycles. The maximum atomic E-state index is 12.5. The van der Waals surface area contributed by atoms with Crippen molar-refractivity contribution in [2.45, 2.75) is 32.2 Å². The van der Waals surface area contributed by atoms with Gasteiger partial charge in [-0.25, -0.2) is 4.68 Å². The number of aromatic nitrogens is 2. The predicted octanol–water partition coefficient (Wildman–Crippen LogP) is 2.70. The van der Waals surface area contributed by atoms with Crippen LogP contribution in [0.4, 0.5) is 5.82 Å². The molecule has 2 aliphatic rings. The summed E-state index contributed by atoms with van der Waals surface area (Å²) in [4.78, 5) is 38.7. The SMILES string of the molecule is O=C(CN1C(=O)C2CCCCC2C1=O)Nc1ccnn1Cc1ccc(Cl)cc1. The second-order valence-corrected chi connectivity index (χ2v) is 7.75. The Balaban J connectivity index is 1.41. The number of fused-ring (bicyclic) bond motifs is 1. The van der Waals surface area contributed by atoms with Crippen LogP contribution in [-0.2, 0) is 20.9 Å². The van der Waals surface area contributed by atoms with E-state index in [0.29, 0.717) is 17.4 Å². The Morgan fingerprint density at radius 3 is 2.36 bits per heavy atom. The molecule has 7 nitrogen and oxygen atoms in total. The van der Waals surface area contributed by atoms with Crippen LogP contribution in [0.3, 0.4) is 0 Å². The molecular weight excluding hydrogens is 380 g/mol. The summed E-state index contributed by atoms with van der Waals surface area (Å²) in [5, 5.41) is 7.64. The topological polar surface area (TPSA) is 84.3 Å². The average molecular weight is 401 g/mol. The molecule has 2 aromatic rings. The second kappa shape index (κ2) is 7.75. The third-order valence-electron chi connectivity index (χ3n) is 5.46. The summed E-state index contributed by atoms with van der Waals surface area (Å²) in [6, 6.07) is 9.05. The van der Waals surface area contributed by atoms with E-state index < -0.39 is 5.91 Å². The van der Waals surface area contributed by atoms with Crippen LogP contribution in [0.25, 0.3) is 0 Å². The van der Waals surface area contributed by atoms with Crippen molar-refractivity contribution in [2.24, 2.45) is 11.8 Å². The molecule has 1 N–H and O–H groups in total. The van der Waals surface area contributed by atoms with E-state index in [1.807, 2.05) is 12.1 Å². The highest BCUT2D eigenvalue weighted by Crippen LogP contribution is 2.37. The van der Waals surface area contributed by atoms with Crippen molar-refractivity contribution in [3.63, 3.8) is 0 Å². The molecule has 1 saturated heterocycles. The van der Waals surface area contributed by atoms with Gasteiger partial charge in [0.15, 0.2) is 0 Å². The van der Waals surface area contributed by atoms with Gasteiger partial charge in [-0.1, -0.05) is 36.6 Å². The van der Waals surface area contributed by atoms with Crippen LogP contribution in [0.1, 0.15) is 31.2 Å². The van der Waals surface area contributed by atoms with Crippen LogP contribution in [0.15, 0.2) is 36.5 Å². The molecule has 2 unspecified atom stereocenters. The number of nitrogens with zero attached hydrogens (tertiary/aromatic N) is 3. The maximum Gasteiger partial charge on any atom is 0.245 e. The molecule has 1 aromatic carbocycles. The summed E-state index contributed by atoms with van der Waals surface area (Å²) in [5.41, 5.74) is 0.984. The predicted molar refractivity (Wildman–Crippen MR) is 104 cm³/mol. The van der Waals surface area contributed by atoms with Crippen molar-refractivity contribution < 1.29 is 14.4 Å². The highest BCUT2D eigenvalue weighted by Gasteiger charge is 2.48. The summed E-state index contributed by atoms with van der Waals surface area (Å²) < 4.78 is 1.65. The number of hydrogen-bond donors (Lipinski definition) is 1. The fourth-order valence-corrected chi connectivity index (χ4v) is 4.17. The highest BCUT2D eigenvalue weighted by molar-refractivity contribution is 6.30. The third-order valence-corrected chi connectivity index (χ3v) is 5.72. The first-order chi connectivity index (χ1) is 13.5. The van der Waals surface area contributed by atoms with Gasteiger partial charge in [0.2, 0.25) is 17.7 Å². The number of benzene rings is 1. The van der Waals surface area contributed by atoms with Crippen LogP contribution in [0, 0.1) is 11.8 Å². The summed E-state index contributed by atoms with van der Waals surface area (Å²) in [6.07, 6.45) is 4.99. The van der Waals surface area contributed by atoms with Crippen LogP contribution < -0.4 is 5.32 Å². The standard InChI is InChI=1S/C20H21ClN4O3/c21-14-7-5-13(6-8-14)11-25-17(9-10-22-25)23-18(26)12-24-19(27)15-3-1-2-4-16(15)20(24)28/h5-10,15-16H,1-4,11-12H2,(H,23,26). The van der Waals surface area contributed by atoms with Crippen molar-refractivity contribution >= 4 is 35.1 Å². The van der Waals surface area contributed by atoms with Crippen molar-refractivity contribution in [3.05, 3.63) is 47.1 Å². The largest absolute Gasteiger partial charge is 0.309 e. The van der Waals surface area contributed by atoms with Crippen LogP contribution >= 0.6 is 11.6 Å². The van der Waals surface area contributed by atoms with Crippen molar-refractivity contribution in [1.29, 1.82) is 0 Å². The number of carbonyl (C=O) groups excluding carboxylic acids is 3. The van der Waals surface area contributed by atoms with Crippen molar-refractivity contribution in [1.82, 2.24) is 14.7 Å². The zero-order valence-corrected chi connectivity index (χ0v) is 16.1. The van der Waals surface area contributed by atoms with E-state index in [1.54, 1.807) is 29.1 Å². The van der Waals surface area contributed by atoms with Crippen LogP contribution in [-0.4, -0.2) is 38.9 Å². The first-order valence-electron chi connectivity index (χ1n) is 9.44. The number of carbonyl (C=O) groups is 3. The molecule has 2 heterocycles. The Bertz CT molecular complexity index is 884. The number of hydrogen-bond acceptors (Lipinski definition) is 4. The number of halogens is 1. The first-order valence-corrected chi connectivity index (χ1v) is 9.82. The van der Waals surface area contributed by atoms with Gasteiger partial charge in [-0.15, -0.1) is 0 Å². The van der Waals surface area contributed by atoms with Crippen LogP contribution in [0.2, 0.25) is 5.02 Å². The van der Waals surface area contributed by atoms with E-state index >= 15 is 0 Å². The summed E-state index contributed by atoms with van der Waals surface area (Å²) >= 11 is 5.90. The Morgan fingerprint density at radius 2 is 1.71 bits per heavy atom. The monoisotopic (exact) mass is 400 g/mol. The maximum absolute atomic E-state index is 12.5. The number of anilines is 1. The number of imide groups is 1. The Kier molecular flexibility index (Phi) is 5.17. The fourth-order valence-electron chi connectivity index (χ4n) is 4.04. The molecule has 2 atom stereocenters. The third kappa shape index (κ3) is 3.67. The van der Waals surface area contributed by atoms with Gasteiger partial charge < -0.3 is 5.32 Å². The lowest BCUT2D eigenvalue weighted by Gasteiger charge is -2.19. The van der Waals surface area contributed by atoms with E-state index in [-0.39, 0.29) is 30.2 Å². The van der Waals surface area contributed by atoms with Crippen molar-refractivity contribution in [3.8, 4) is 0 Å². The summed E-state index contributed by atoms with van der Waals surface area (Å²) in [5.74, 6) is -0.803. The molecular formula is C20H21ClN4O3. The molecule has 2 fully saturated rings. The fraction of sp³-hybridized carbons (Fsp3) is 0.400.